The highest BCUT2D eigenvalue weighted by atomic mass is 16.7. The molecule has 1 fully saturated rings. The molecule has 1 aliphatic carbocycles. The summed E-state index contributed by atoms with van der Waals surface area (Å²) in [6.07, 6.45) is 7.11. The first-order chi connectivity index (χ1) is 13.1. The van der Waals surface area contributed by atoms with Crippen molar-refractivity contribution in [1.82, 2.24) is 9.55 Å². The van der Waals surface area contributed by atoms with Gasteiger partial charge in [-0.15, -0.1) is 0 Å². The van der Waals surface area contributed by atoms with E-state index in [1.165, 1.54) is 10.8 Å². The molecule has 0 spiro atoms. The van der Waals surface area contributed by atoms with Gasteiger partial charge in [-0.05, 0) is 25.0 Å². The lowest BCUT2D eigenvalue weighted by molar-refractivity contribution is 0.174. The third-order valence-electron chi connectivity index (χ3n) is 5.04. The van der Waals surface area contributed by atoms with Crippen LogP contribution in [0.2, 0.25) is 0 Å². The summed E-state index contributed by atoms with van der Waals surface area (Å²) in [6.45, 7) is 0.162. The standard InChI is InChI=1S/C19H21N3O5/c23-17-14(10-20-12-7-8-15-16(9-12)27-11-26-15)18(24)22(19(25)21-17)13-5-3-1-2-4-6-13/h7-10,13,24H,1-6,11H2,(H,21,23,25). The molecular formula is C19H21N3O5. The van der Waals surface area contributed by atoms with Gasteiger partial charge in [0.05, 0.1) is 5.69 Å². The molecule has 0 unspecified atom stereocenters. The van der Waals surface area contributed by atoms with Crippen LogP contribution in [0, 0.1) is 0 Å². The third kappa shape index (κ3) is 3.47. The first kappa shape index (κ1) is 17.4. The van der Waals surface area contributed by atoms with Gasteiger partial charge in [-0.2, -0.15) is 0 Å². The molecule has 1 aliphatic heterocycles. The number of benzene rings is 1. The van der Waals surface area contributed by atoms with Crippen molar-refractivity contribution in [2.75, 3.05) is 6.79 Å². The number of hydrogen-bond donors (Lipinski definition) is 2. The van der Waals surface area contributed by atoms with Crippen LogP contribution in [0.15, 0.2) is 32.8 Å². The minimum absolute atomic E-state index is 0.0310. The Morgan fingerprint density at radius 2 is 1.85 bits per heavy atom. The Bertz CT molecular complexity index is 984. The zero-order valence-corrected chi connectivity index (χ0v) is 14.8. The Morgan fingerprint density at radius 3 is 2.63 bits per heavy atom. The Labute approximate surface area is 155 Å². The van der Waals surface area contributed by atoms with Crippen molar-refractivity contribution >= 4 is 11.9 Å². The van der Waals surface area contributed by atoms with Gasteiger partial charge in [-0.25, -0.2) is 4.79 Å². The normalized spacial score (nSPS) is 17.3. The van der Waals surface area contributed by atoms with Gasteiger partial charge in [0.2, 0.25) is 12.7 Å². The van der Waals surface area contributed by atoms with Crippen molar-refractivity contribution in [1.29, 1.82) is 0 Å². The number of ether oxygens (including phenoxy) is 2. The van der Waals surface area contributed by atoms with Crippen LogP contribution in [0.5, 0.6) is 17.4 Å². The van der Waals surface area contributed by atoms with Crippen molar-refractivity contribution in [2.24, 2.45) is 4.99 Å². The molecule has 2 N–H and O–H groups in total. The first-order valence-corrected chi connectivity index (χ1v) is 9.15. The summed E-state index contributed by atoms with van der Waals surface area (Å²) in [4.78, 5) is 31.1. The smallest absolute Gasteiger partial charge is 0.331 e. The molecule has 2 aromatic rings. The van der Waals surface area contributed by atoms with Gasteiger partial charge in [-0.3, -0.25) is 19.3 Å². The van der Waals surface area contributed by atoms with Crippen LogP contribution in [0.1, 0.15) is 50.1 Å². The van der Waals surface area contributed by atoms with E-state index in [0.717, 1.165) is 38.5 Å². The SMILES string of the molecule is O=c1[nH]c(=O)n(C2CCCCCC2)c(O)c1C=Nc1ccc2c(c1)OCO2. The Balaban J connectivity index is 1.69. The third-order valence-corrected chi connectivity index (χ3v) is 5.04. The highest BCUT2D eigenvalue weighted by Gasteiger charge is 2.21. The fourth-order valence-corrected chi connectivity index (χ4v) is 3.63. The highest BCUT2D eigenvalue weighted by molar-refractivity contribution is 5.84. The van der Waals surface area contributed by atoms with E-state index in [1.807, 2.05) is 0 Å². The highest BCUT2D eigenvalue weighted by Crippen LogP contribution is 2.35. The lowest BCUT2D eigenvalue weighted by atomic mass is 10.1. The Morgan fingerprint density at radius 1 is 1.11 bits per heavy atom. The molecule has 142 valence electrons. The van der Waals surface area contributed by atoms with E-state index in [9.17, 15) is 14.7 Å². The molecular weight excluding hydrogens is 350 g/mol. The van der Waals surface area contributed by atoms with Gasteiger partial charge in [0.25, 0.3) is 5.56 Å². The number of hydrogen-bond acceptors (Lipinski definition) is 6. The molecule has 0 amide bonds. The molecule has 0 saturated heterocycles. The van der Waals surface area contributed by atoms with Gasteiger partial charge >= 0.3 is 5.69 Å². The maximum absolute atomic E-state index is 12.3. The summed E-state index contributed by atoms with van der Waals surface area (Å²) >= 11 is 0. The summed E-state index contributed by atoms with van der Waals surface area (Å²) < 4.78 is 11.9. The maximum Gasteiger partial charge on any atom is 0.331 e. The molecule has 0 bridgehead atoms. The second kappa shape index (κ2) is 7.30. The summed E-state index contributed by atoms with van der Waals surface area (Å²) in [7, 11) is 0. The molecule has 8 heteroatoms. The lowest BCUT2D eigenvalue weighted by Crippen LogP contribution is -2.34. The van der Waals surface area contributed by atoms with E-state index in [-0.39, 0.29) is 24.3 Å². The minimum atomic E-state index is -0.660. The average Bonchev–Trinajstić information content (AvgIpc) is 2.95. The predicted octanol–water partition coefficient (Wildman–Crippen LogP) is 2.62. The molecule has 0 radical (unpaired) electrons. The number of H-pyrrole nitrogens is 1. The second-order valence-corrected chi connectivity index (χ2v) is 6.81. The fraction of sp³-hybridized carbons (Fsp3) is 0.421. The summed E-state index contributed by atoms with van der Waals surface area (Å²) in [5.41, 5.74) is -0.724. The zero-order valence-electron chi connectivity index (χ0n) is 14.8. The number of nitrogens with zero attached hydrogens (tertiary/aromatic N) is 2. The minimum Gasteiger partial charge on any atom is -0.494 e. The van der Waals surface area contributed by atoms with Gasteiger partial charge in [-0.1, -0.05) is 25.7 Å². The van der Waals surface area contributed by atoms with Crippen molar-refractivity contribution in [3.63, 3.8) is 0 Å². The first-order valence-electron chi connectivity index (χ1n) is 9.15. The quantitative estimate of drug-likeness (QED) is 0.637. The van der Waals surface area contributed by atoms with E-state index >= 15 is 0 Å². The van der Waals surface area contributed by atoms with Crippen molar-refractivity contribution < 1.29 is 14.6 Å². The monoisotopic (exact) mass is 371 g/mol. The fourth-order valence-electron chi connectivity index (χ4n) is 3.63. The van der Waals surface area contributed by atoms with E-state index < -0.39 is 11.2 Å². The van der Waals surface area contributed by atoms with Crippen LogP contribution < -0.4 is 20.7 Å². The number of aromatic hydroxyl groups is 1. The van der Waals surface area contributed by atoms with E-state index in [0.29, 0.717) is 17.2 Å². The number of aromatic nitrogens is 2. The molecule has 1 aromatic heterocycles. The van der Waals surface area contributed by atoms with Crippen LogP contribution in [-0.2, 0) is 0 Å². The molecule has 2 heterocycles. The molecule has 4 rings (SSSR count). The number of rotatable bonds is 3. The van der Waals surface area contributed by atoms with E-state index in [4.69, 9.17) is 9.47 Å². The number of aliphatic imine (C=N–C) groups is 1. The van der Waals surface area contributed by atoms with Crippen molar-refractivity contribution in [2.45, 2.75) is 44.6 Å². The lowest BCUT2D eigenvalue weighted by Gasteiger charge is -2.19. The molecule has 1 saturated carbocycles. The second-order valence-electron chi connectivity index (χ2n) is 6.81. The largest absolute Gasteiger partial charge is 0.494 e. The molecule has 8 nitrogen and oxygen atoms in total. The summed E-state index contributed by atoms with van der Waals surface area (Å²) in [6, 6.07) is 5.02. The Kier molecular flexibility index (Phi) is 4.70. The predicted molar refractivity (Wildman–Crippen MR) is 99.5 cm³/mol. The maximum atomic E-state index is 12.3. The van der Waals surface area contributed by atoms with Crippen molar-refractivity contribution in [3.8, 4) is 17.4 Å². The molecule has 27 heavy (non-hydrogen) atoms. The summed E-state index contributed by atoms with van der Waals surface area (Å²) in [5.74, 6) is 0.878. The van der Waals surface area contributed by atoms with Crippen LogP contribution >= 0.6 is 0 Å². The molecule has 0 atom stereocenters. The van der Waals surface area contributed by atoms with Crippen LogP contribution in [0.25, 0.3) is 0 Å². The number of nitrogens with one attached hydrogen (secondary N) is 1. The van der Waals surface area contributed by atoms with E-state index in [2.05, 4.69) is 9.98 Å². The van der Waals surface area contributed by atoms with E-state index in [1.54, 1.807) is 18.2 Å². The summed E-state index contributed by atoms with van der Waals surface area (Å²) in [5, 5.41) is 10.6. The van der Waals surface area contributed by atoms with Crippen LogP contribution in [0.4, 0.5) is 5.69 Å². The van der Waals surface area contributed by atoms with Crippen LogP contribution in [-0.4, -0.2) is 27.7 Å². The van der Waals surface area contributed by atoms with Gasteiger partial charge in [0.15, 0.2) is 11.5 Å². The van der Waals surface area contributed by atoms with Crippen LogP contribution in [0.3, 0.4) is 0 Å². The molecule has 2 aliphatic rings. The topological polar surface area (TPSA) is 106 Å². The van der Waals surface area contributed by atoms with Gasteiger partial charge in [0.1, 0.15) is 5.56 Å². The Hall–Kier alpha value is -3.03. The van der Waals surface area contributed by atoms with Gasteiger partial charge < -0.3 is 14.6 Å². The van der Waals surface area contributed by atoms with Crippen molar-refractivity contribution in [3.05, 3.63) is 44.6 Å². The number of aromatic amines is 1. The average molecular weight is 371 g/mol. The zero-order chi connectivity index (χ0) is 18.8. The molecule has 1 aromatic carbocycles. The van der Waals surface area contributed by atoms with Gasteiger partial charge in [0, 0.05) is 18.3 Å². The number of fused-ring (bicyclic) bond motifs is 1.